The molecule has 1 unspecified atom stereocenters. The molecule has 2 aromatic heterocycles. The highest BCUT2D eigenvalue weighted by atomic mass is 32.2. The molecular formula is C27H32N10O3S. The Morgan fingerprint density at radius 1 is 1.10 bits per heavy atom. The molecule has 6 N–H and O–H groups in total. The summed E-state index contributed by atoms with van der Waals surface area (Å²) < 4.78 is 0. The van der Waals surface area contributed by atoms with Gasteiger partial charge in [-0.2, -0.15) is 16.6 Å². The van der Waals surface area contributed by atoms with Crippen molar-refractivity contribution in [2.45, 2.75) is 49.1 Å². The number of fused-ring (bicyclic) bond motifs is 2. The molecule has 0 radical (unpaired) electrons. The summed E-state index contributed by atoms with van der Waals surface area (Å²) in [5.41, 5.74) is 11.2. The number of aromatic amines is 1. The minimum absolute atomic E-state index is 0.0934. The molecule has 3 aromatic rings. The highest BCUT2D eigenvalue weighted by Gasteiger charge is 2.42. The van der Waals surface area contributed by atoms with Gasteiger partial charge in [0.1, 0.15) is 0 Å². The van der Waals surface area contributed by atoms with Gasteiger partial charge in [0.05, 0.1) is 12.1 Å². The second kappa shape index (κ2) is 13.3. The van der Waals surface area contributed by atoms with E-state index < -0.39 is 11.9 Å². The van der Waals surface area contributed by atoms with Gasteiger partial charge in [-0.15, -0.1) is 0 Å². The summed E-state index contributed by atoms with van der Waals surface area (Å²) in [6.07, 6.45) is 7.84. The maximum atomic E-state index is 13.1. The Kier molecular flexibility index (Phi) is 9.12. The largest absolute Gasteiger partial charge is 0.382 e. The zero-order chi connectivity index (χ0) is 28.6. The van der Waals surface area contributed by atoms with E-state index in [0.29, 0.717) is 17.2 Å². The first-order valence-electron chi connectivity index (χ1n) is 13.6. The van der Waals surface area contributed by atoms with Crippen LogP contribution in [0.25, 0.3) is 16.4 Å². The fourth-order valence-electron chi connectivity index (χ4n) is 5.19. The molecule has 1 aromatic carbocycles. The molecule has 0 bridgehead atoms. The van der Waals surface area contributed by atoms with Crippen LogP contribution in [0.4, 0.5) is 10.7 Å². The van der Waals surface area contributed by atoms with Gasteiger partial charge in [-0.25, -0.2) is 14.8 Å². The number of unbranched alkanes of at least 4 members (excludes halogenated alkanes) is 1. The maximum Gasteiger partial charge on any atom is 0.382 e. The van der Waals surface area contributed by atoms with Crippen LogP contribution >= 0.6 is 11.8 Å². The van der Waals surface area contributed by atoms with Crippen LogP contribution in [0.2, 0.25) is 0 Å². The van der Waals surface area contributed by atoms with E-state index in [2.05, 4.69) is 46.3 Å². The number of benzene rings is 1. The molecule has 214 valence electrons. The average Bonchev–Trinajstić information content (AvgIpc) is 3.68. The van der Waals surface area contributed by atoms with E-state index in [-0.39, 0.29) is 48.8 Å². The van der Waals surface area contributed by atoms with E-state index in [0.717, 1.165) is 35.9 Å². The van der Waals surface area contributed by atoms with Crippen LogP contribution in [-0.2, 0) is 9.59 Å². The van der Waals surface area contributed by atoms with Gasteiger partial charge in [0.25, 0.3) is 0 Å². The quantitative estimate of drug-likeness (QED) is 0.0587. The molecule has 4 amide bonds. The van der Waals surface area contributed by atoms with Crippen molar-refractivity contribution in [1.82, 2.24) is 36.2 Å². The van der Waals surface area contributed by atoms with Gasteiger partial charge in [-0.3, -0.25) is 9.59 Å². The Morgan fingerprint density at radius 2 is 1.90 bits per heavy atom. The fourth-order valence-corrected chi connectivity index (χ4v) is 6.74. The van der Waals surface area contributed by atoms with Crippen LogP contribution in [0.3, 0.4) is 0 Å². The number of para-hydroxylation sites is 1. The van der Waals surface area contributed by atoms with Gasteiger partial charge in [-0.05, 0) is 25.0 Å². The second-order valence-corrected chi connectivity index (χ2v) is 11.2. The van der Waals surface area contributed by atoms with E-state index in [1.807, 2.05) is 36.0 Å². The number of carbonyl (C=O) groups excluding carboxylic acids is 3. The first-order chi connectivity index (χ1) is 20.0. The molecule has 2 aliphatic heterocycles. The van der Waals surface area contributed by atoms with E-state index in [1.165, 1.54) is 0 Å². The van der Waals surface area contributed by atoms with Gasteiger partial charge in [0.15, 0.2) is 6.04 Å². The third-order valence-electron chi connectivity index (χ3n) is 7.20. The monoisotopic (exact) mass is 576 g/mol. The standard InChI is InChI=1S/C27H32N10O3S/c28-37-24(22(35-26-31-10-5-11-32-26)17-14-33-18-7-2-1-6-16(17)18)25(39)30-13-12-29-21(38)9-4-3-8-20-23-19(15-41-20)34-27(40)36-23/h1-2,5-7,10-11,14,19-20,22-23,33H,3-4,8-9,12-13,15H2,(H,29,38)(H,30,39)(H,31,32,35)(H2,34,36,40)/t19-,20-,22?,23-/m1/s1. The SMILES string of the molecule is [N-]=[N+]=C(C(=O)NCCNC(=O)CCCC[C@H]1SC[C@H]2NC(=O)N[C@H]21)C(Nc1ncccn1)c1c[nH]c2ccccc12. The number of hydrogen-bond acceptors (Lipinski definition) is 7. The molecule has 14 heteroatoms. The average molecular weight is 577 g/mol. The molecule has 0 spiro atoms. The third-order valence-corrected chi connectivity index (χ3v) is 8.71. The predicted molar refractivity (Wildman–Crippen MR) is 155 cm³/mol. The molecule has 0 aliphatic carbocycles. The summed E-state index contributed by atoms with van der Waals surface area (Å²) in [6.45, 7) is 0.386. The first kappa shape index (κ1) is 28.1. The Labute approximate surface area is 240 Å². The molecule has 4 atom stereocenters. The molecule has 2 aliphatic rings. The molecule has 2 saturated heterocycles. The fraction of sp³-hybridized carbons (Fsp3) is 0.407. The number of aromatic nitrogens is 3. The normalized spacial score (nSPS) is 19.9. The molecule has 5 rings (SSSR count). The summed E-state index contributed by atoms with van der Waals surface area (Å²) in [5.74, 6) is 0.491. The second-order valence-electron chi connectivity index (χ2n) is 9.90. The van der Waals surface area contributed by atoms with E-state index >= 15 is 0 Å². The topological polar surface area (TPSA) is 189 Å². The van der Waals surface area contributed by atoms with Gasteiger partial charge in [-0.1, -0.05) is 24.6 Å². The van der Waals surface area contributed by atoms with Crippen molar-refractivity contribution in [3.8, 4) is 0 Å². The van der Waals surface area contributed by atoms with Crippen LogP contribution in [0.15, 0.2) is 48.9 Å². The van der Waals surface area contributed by atoms with Gasteiger partial charge < -0.3 is 37.1 Å². The molecule has 4 heterocycles. The van der Waals surface area contributed by atoms with Crippen LogP contribution in [-0.4, -0.2) is 79.5 Å². The minimum Gasteiger partial charge on any atom is -0.361 e. The van der Waals surface area contributed by atoms with Crippen LogP contribution in [0, 0.1) is 0 Å². The maximum absolute atomic E-state index is 13.1. The van der Waals surface area contributed by atoms with Crippen molar-refractivity contribution in [2.75, 3.05) is 24.2 Å². The molecule has 0 saturated carbocycles. The summed E-state index contributed by atoms with van der Waals surface area (Å²) in [5, 5.41) is 15.8. The van der Waals surface area contributed by atoms with Crippen LogP contribution in [0.1, 0.15) is 37.3 Å². The number of nitrogens with zero attached hydrogens (tertiary/aromatic N) is 4. The lowest BCUT2D eigenvalue weighted by Gasteiger charge is -2.16. The number of hydrogen-bond donors (Lipinski definition) is 6. The van der Waals surface area contributed by atoms with Crippen molar-refractivity contribution < 1.29 is 19.2 Å². The zero-order valence-electron chi connectivity index (χ0n) is 22.3. The Bertz CT molecular complexity index is 1440. The van der Waals surface area contributed by atoms with Gasteiger partial charge >= 0.3 is 17.6 Å². The van der Waals surface area contributed by atoms with E-state index in [4.69, 9.17) is 0 Å². The zero-order valence-corrected chi connectivity index (χ0v) is 23.1. The smallest absolute Gasteiger partial charge is 0.361 e. The summed E-state index contributed by atoms with van der Waals surface area (Å²) in [6, 6.07) is 8.68. The number of carbonyl (C=O) groups is 3. The lowest BCUT2D eigenvalue weighted by molar-refractivity contribution is -0.122. The summed E-state index contributed by atoms with van der Waals surface area (Å²) in [4.78, 5) is 51.7. The molecular weight excluding hydrogens is 544 g/mol. The van der Waals surface area contributed by atoms with Crippen molar-refractivity contribution in [1.29, 1.82) is 0 Å². The summed E-state index contributed by atoms with van der Waals surface area (Å²) >= 11 is 1.86. The van der Waals surface area contributed by atoms with Crippen LogP contribution < -0.4 is 26.6 Å². The predicted octanol–water partition coefficient (Wildman–Crippen LogP) is 1.74. The number of nitrogens with one attached hydrogen (secondary N) is 6. The van der Waals surface area contributed by atoms with Crippen molar-refractivity contribution >= 4 is 52.2 Å². The van der Waals surface area contributed by atoms with Gasteiger partial charge in [0, 0.05) is 65.6 Å². The molecule has 41 heavy (non-hydrogen) atoms. The number of thioether (sulfide) groups is 1. The Morgan fingerprint density at radius 3 is 2.73 bits per heavy atom. The minimum atomic E-state index is -0.852. The van der Waals surface area contributed by atoms with Crippen molar-refractivity contribution in [3.63, 3.8) is 0 Å². The third kappa shape index (κ3) is 6.84. The molecule has 13 nitrogen and oxygen atoms in total. The van der Waals surface area contributed by atoms with Crippen molar-refractivity contribution in [2.24, 2.45) is 0 Å². The highest BCUT2D eigenvalue weighted by Crippen LogP contribution is 2.33. The lowest BCUT2D eigenvalue weighted by Crippen LogP contribution is -2.41. The number of H-pyrrole nitrogens is 1. The number of amides is 4. The first-order valence-corrected chi connectivity index (χ1v) is 14.6. The molecule has 2 fully saturated rings. The summed E-state index contributed by atoms with van der Waals surface area (Å²) in [7, 11) is 0. The number of urea groups is 1. The lowest BCUT2D eigenvalue weighted by atomic mass is 10.0. The highest BCUT2D eigenvalue weighted by molar-refractivity contribution is 8.00. The Hall–Kier alpha value is -4.42. The van der Waals surface area contributed by atoms with E-state index in [9.17, 15) is 19.9 Å². The van der Waals surface area contributed by atoms with Crippen molar-refractivity contribution in [3.05, 3.63) is 60.0 Å². The van der Waals surface area contributed by atoms with E-state index in [1.54, 1.807) is 24.7 Å². The number of rotatable bonds is 13. The van der Waals surface area contributed by atoms with Gasteiger partial charge in [0.2, 0.25) is 11.9 Å². The van der Waals surface area contributed by atoms with Crippen LogP contribution in [0.5, 0.6) is 0 Å². The Balaban J connectivity index is 1.09. The number of anilines is 1.